The van der Waals surface area contributed by atoms with Crippen LogP contribution in [-0.4, -0.2) is 17.0 Å². The Labute approximate surface area is 168 Å². The molecule has 4 rings (SSSR count). The van der Waals surface area contributed by atoms with Gasteiger partial charge in [-0.15, -0.1) is 11.7 Å². The highest BCUT2D eigenvalue weighted by molar-refractivity contribution is 8.69. The second-order valence-corrected chi connectivity index (χ2v) is 10.7. The Hall–Kier alpha value is 0.0700. The van der Waals surface area contributed by atoms with Crippen molar-refractivity contribution in [3.05, 3.63) is 11.5 Å². The molecule has 2 nitrogen and oxygen atoms in total. The van der Waals surface area contributed by atoms with Crippen molar-refractivity contribution in [2.75, 3.05) is 0 Å². The van der Waals surface area contributed by atoms with E-state index in [2.05, 4.69) is 25.5 Å². The minimum Gasteiger partial charge on any atom is -0.393 e. The maximum absolute atomic E-state index is 11.9. The molecule has 0 heterocycles. The summed E-state index contributed by atoms with van der Waals surface area (Å²) in [7, 11) is 1.42. The highest BCUT2D eigenvalue weighted by Gasteiger charge is 2.59. The van der Waals surface area contributed by atoms with Crippen molar-refractivity contribution >= 4 is 28.2 Å². The van der Waals surface area contributed by atoms with Gasteiger partial charge in [0, 0.05) is 12.8 Å². The van der Waals surface area contributed by atoms with E-state index in [1.807, 2.05) is 18.4 Å². The van der Waals surface area contributed by atoms with Gasteiger partial charge in [-0.25, -0.2) is 0 Å². The first-order valence-electron chi connectivity index (χ1n) is 10.5. The van der Waals surface area contributed by atoms with E-state index < -0.39 is 0 Å². The van der Waals surface area contributed by atoms with Gasteiger partial charge in [0.15, 0.2) is 0 Å². The van der Waals surface area contributed by atoms with Gasteiger partial charge < -0.3 is 5.11 Å². The Balaban J connectivity index is 0.000000349. The van der Waals surface area contributed by atoms with Crippen molar-refractivity contribution in [1.29, 1.82) is 0 Å². The lowest BCUT2D eigenvalue weighted by molar-refractivity contribution is -0.141. The first-order valence-corrected chi connectivity index (χ1v) is 12.4. The summed E-state index contributed by atoms with van der Waals surface area (Å²) in [6.45, 7) is 6.81. The Morgan fingerprint density at radius 3 is 2.46 bits per heavy atom. The average Bonchev–Trinajstić information content (AvgIpc) is 2.92. The lowest BCUT2D eigenvalue weighted by Crippen LogP contribution is -2.54. The van der Waals surface area contributed by atoms with Gasteiger partial charge in [-0.3, -0.25) is 4.79 Å². The third-order valence-corrected chi connectivity index (χ3v) is 9.39. The molecular weight excluding hydrogens is 360 g/mol. The number of thiol groups is 1. The minimum absolute atomic E-state index is 0.0677. The second kappa shape index (κ2) is 8.21. The zero-order chi connectivity index (χ0) is 18.9. The van der Waals surface area contributed by atoms with Crippen LogP contribution in [0.2, 0.25) is 0 Å². The maximum atomic E-state index is 11.9. The second-order valence-electron chi connectivity index (χ2n) is 9.61. The van der Waals surface area contributed by atoms with Gasteiger partial charge in [-0.2, -0.15) is 0 Å². The largest absolute Gasteiger partial charge is 0.393 e. The van der Waals surface area contributed by atoms with E-state index in [1.54, 1.807) is 0 Å². The number of allylic oxidation sites excluding steroid dienone is 1. The van der Waals surface area contributed by atoms with Gasteiger partial charge in [0.05, 0.1) is 6.10 Å². The number of hydrogen-bond acceptors (Lipinski definition) is 4. The molecule has 0 aliphatic heterocycles. The molecule has 4 heteroatoms. The number of carbonyl (C=O) groups is 1. The summed E-state index contributed by atoms with van der Waals surface area (Å²) < 4.78 is 0. The van der Waals surface area contributed by atoms with E-state index in [4.69, 9.17) is 0 Å². The van der Waals surface area contributed by atoms with Crippen molar-refractivity contribution in [3.63, 3.8) is 0 Å². The van der Waals surface area contributed by atoms with E-state index in [9.17, 15) is 9.90 Å². The van der Waals surface area contributed by atoms with Crippen molar-refractivity contribution in [3.8, 4) is 0 Å². The molecule has 0 spiro atoms. The van der Waals surface area contributed by atoms with Crippen LogP contribution in [0.25, 0.3) is 0 Å². The fraction of sp³-hybridized carbons (Fsp3) is 0.864. The zero-order valence-electron chi connectivity index (χ0n) is 16.6. The molecule has 148 valence electrons. The summed E-state index contributed by atoms with van der Waals surface area (Å²) in [5, 5.41) is 12.4. The predicted molar refractivity (Wildman–Crippen MR) is 114 cm³/mol. The highest BCUT2D eigenvalue weighted by Crippen LogP contribution is 2.65. The van der Waals surface area contributed by atoms with Gasteiger partial charge >= 0.3 is 0 Å². The number of aliphatic hydroxyl groups is 1. The van der Waals surface area contributed by atoms with E-state index in [0.717, 1.165) is 43.4 Å². The maximum Gasteiger partial charge on any atom is 0.133 e. The SMILES string of the molecule is C/C=C/SS.CC12CCC3C(CCC4CC(=O)CCC43C)C1CCC2O. The molecule has 0 bridgehead atoms. The number of aliphatic hydroxyl groups excluding tert-OH is 1. The molecule has 7 atom stereocenters. The summed E-state index contributed by atoms with van der Waals surface area (Å²) in [4.78, 5) is 11.9. The molecule has 0 aromatic heterocycles. The van der Waals surface area contributed by atoms with E-state index in [0.29, 0.717) is 17.1 Å². The Kier molecular flexibility index (Phi) is 6.56. The van der Waals surface area contributed by atoms with Crippen LogP contribution < -0.4 is 0 Å². The molecule has 4 saturated carbocycles. The smallest absolute Gasteiger partial charge is 0.133 e. The molecule has 0 aromatic rings. The van der Waals surface area contributed by atoms with E-state index in [-0.39, 0.29) is 11.5 Å². The summed E-state index contributed by atoms with van der Waals surface area (Å²) in [6, 6.07) is 0. The standard InChI is InChI=1S/C19H30O2.C3H6S2/c1-18-9-7-13(20)11-12(18)3-4-14-15-5-6-17(21)19(15,2)10-8-16(14)18;1-2-3-5-4/h12,14-17,21H,3-11H2,1-2H3;2-4H,1H3/b;3-2+. The van der Waals surface area contributed by atoms with Crippen LogP contribution in [-0.2, 0) is 4.79 Å². The Morgan fingerprint density at radius 2 is 1.81 bits per heavy atom. The highest BCUT2D eigenvalue weighted by atomic mass is 33.1. The van der Waals surface area contributed by atoms with Gasteiger partial charge in [0.25, 0.3) is 0 Å². The molecule has 4 aliphatic carbocycles. The molecule has 0 radical (unpaired) electrons. The predicted octanol–water partition coefficient (Wildman–Crippen LogP) is 6.06. The van der Waals surface area contributed by atoms with Crippen molar-refractivity contribution in [2.24, 2.45) is 34.5 Å². The normalized spacial score (nSPS) is 47.6. The molecule has 4 fully saturated rings. The van der Waals surface area contributed by atoms with Crippen molar-refractivity contribution in [2.45, 2.75) is 84.7 Å². The monoisotopic (exact) mass is 396 g/mol. The zero-order valence-corrected chi connectivity index (χ0v) is 18.3. The summed E-state index contributed by atoms with van der Waals surface area (Å²) >= 11 is 3.83. The van der Waals surface area contributed by atoms with Gasteiger partial charge in [0.1, 0.15) is 5.78 Å². The van der Waals surface area contributed by atoms with Crippen LogP contribution in [0.3, 0.4) is 0 Å². The molecule has 26 heavy (non-hydrogen) atoms. The van der Waals surface area contributed by atoms with Crippen molar-refractivity contribution in [1.82, 2.24) is 0 Å². The van der Waals surface area contributed by atoms with Crippen LogP contribution in [0.5, 0.6) is 0 Å². The van der Waals surface area contributed by atoms with Gasteiger partial charge in [0.2, 0.25) is 0 Å². The molecule has 4 aliphatic rings. The van der Waals surface area contributed by atoms with E-state index >= 15 is 0 Å². The van der Waals surface area contributed by atoms with Crippen molar-refractivity contribution < 1.29 is 9.90 Å². The molecule has 1 N–H and O–H groups in total. The lowest BCUT2D eigenvalue weighted by Gasteiger charge is -2.60. The number of fused-ring (bicyclic) bond motifs is 5. The fourth-order valence-electron chi connectivity index (χ4n) is 7.08. The van der Waals surface area contributed by atoms with Gasteiger partial charge in [-0.1, -0.05) is 30.7 Å². The topological polar surface area (TPSA) is 37.3 Å². The quantitative estimate of drug-likeness (QED) is 0.418. The Bertz CT molecular complexity index is 548. The summed E-state index contributed by atoms with van der Waals surface area (Å²) in [5.41, 5.74) is 0.598. The molecule has 7 unspecified atom stereocenters. The number of rotatable bonds is 1. The summed E-state index contributed by atoms with van der Waals surface area (Å²) in [5.74, 6) is 3.52. The first kappa shape index (κ1) is 20.8. The van der Waals surface area contributed by atoms with Crippen LogP contribution >= 0.6 is 22.5 Å². The van der Waals surface area contributed by atoms with Crippen LogP contribution in [0, 0.1) is 34.5 Å². The number of ketones is 1. The van der Waals surface area contributed by atoms with E-state index in [1.165, 1.54) is 42.9 Å². The third-order valence-electron chi connectivity index (χ3n) is 8.63. The third kappa shape index (κ3) is 3.55. The average molecular weight is 397 g/mol. The minimum atomic E-state index is -0.0677. The molecule has 0 amide bonds. The first-order chi connectivity index (χ1) is 12.4. The fourth-order valence-corrected chi connectivity index (χ4v) is 7.57. The number of hydrogen-bond donors (Lipinski definition) is 2. The molecule has 0 saturated heterocycles. The van der Waals surface area contributed by atoms with Gasteiger partial charge in [-0.05, 0) is 91.8 Å². The van der Waals surface area contributed by atoms with Crippen LogP contribution in [0.15, 0.2) is 11.5 Å². The Morgan fingerprint density at radius 1 is 1.08 bits per heavy atom. The molecule has 0 aromatic carbocycles. The van der Waals surface area contributed by atoms with Crippen LogP contribution in [0.4, 0.5) is 0 Å². The lowest BCUT2D eigenvalue weighted by atomic mass is 9.45. The number of Topliss-reactive ketones (excluding diaryl/α,β-unsaturated/α-hetero) is 1. The molecular formula is C22H36O2S2. The number of carbonyl (C=O) groups excluding carboxylic acids is 1. The van der Waals surface area contributed by atoms with Crippen LogP contribution in [0.1, 0.15) is 78.6 Å². The summed E-state index contributed by atoms with van der Waals surface area (Å²) in [6.07, 6.45) is 12.0.